The van der Waals surface area contributed by atoms with Crippen molar-refractivity contribution in [3.05, 3.63) is 70.6 Å². The second-order valence-electron chi connectivity index (χ2n) is 4.68. The van der Waals surface area contributed by atoms with Crippen LogP contribution in [-0.2, 0) is 0 Å². The van der Waals surface area contributed by atoms with Gasteiger partial charge in [-0.3, -0.25) is 9.89 Å². The van der Waals surface area contributed by atoms with Gasteiger partial charge in [0.25, 0.3) is 5.56 Å². The predicted octanol–water partition coefficient (Wildman–Crippen LogP) is 3.42. The first-order valence-corrected chi connectivity index (χ1v) is 7.40. The molecule has 4 rings (SSSR count). The molecule has 1 aromatic carbocycles. The molecule has 0 saturated carbocycles. The number of nitrogens with zero attached hydrogens (tertiary/aromatic N) is 2. The van der Waals surface area contributed by atoms with Gasteiger partial charge in [0.2, 0.25) is 0 Å². The van der Waals surface area contributed by atoms with Gasteiger partial charge in [-0.05, 0) is 22.6 Å². The molecule has 0 aliphatic carbocycles. The molecule has 0 spiro atoms. The van der Waals surface area contributed by atoms with Crippen LogP contribution >= 0.6 is 11.3 Å². The highest BCUT2D eigenvalue weighted by atomic mass is 32.1. The maximum absolute atomic E-state index is 11.7. The van der Waals surface area contributed by atoms with E-state index in [-0.39, 0.29) is 5.56 Å². The molecule has 0 atom stereocenters. The third kappa shape index (κ3) is 1.98. The van der Waals surface area contributed by atoms with Gasteiger partial charge < -0.3 is 0 Å². The molecule has 4 nitrogen and oxygen atoms in total. The summed E-state index contributed by atoms with van der Waals surface area (Å²) in [5.74, 6) is 0. The van der Waals surface area contributed by atoms with Gasteiger partial charge >= 0.3 is 0 Å². The minimum Gasteiger partial charge on any atom is -0.296 e. The van der Waals surface area contributed by atoms with E-state index in [1.165, 1.54) is 27.2 Å². The van der Waals surface area contributed by atoms with Gasteiger partial charge in [-0.25, -0.2) is 9.50 Å². The van der Waals surface area contributed by atoms with Crippen molar-refractivity contribution < 1.29 is 0 Å². The first kappa shape index (κ1) is 12.1. The molecular formula is C16H11N3OS. The monoisotopic (exact) mass is 293 g/mol. The molecule has 0 fully saturated rings. The van der Waals surface area contributed by atoms with Crippen LogP contribution in [0.5, 0.6) is 0 Å². The number of H-pyrrole nitrogens is 1. The van der Waals surface area contributed by atoms with E-state index in [0.29, 0.717) is 5.65 Å². The van der Waals surface area contributed by atoms with Gasteiger partial charge in [-0.1, -0.05) is 30.3 Å². The van der Waals surface area contributed by atoms with E-state index in [1.54, 1.807) is 11.3 Å². The van der Waals surface area contributed by atoms with Gasteiger partial charge in [-0.2, -0.15) is 0 Å². The van der Waals surface area contributed by atoms with E-state index in [9.17, 15) is 4.79 Å². The average Bonchev–Trinajstić information content (AvgIpc) is 3.18. The lowest BCUT2D eigenvalue weighted by Gasteiger charge is -2.01. The highest BCUT2D eigenvalue weighted by Crippen LogP contribution is 2.28. The minimum atomic E-state index is -0.110. The van der Waals surface area contributed by atoms with Crippen molar-refractivity contribution in [3.63, 3.8) is 0 Å². The van der Waals surface area contributed by atoms with Gasteiger partial charge in [-0.15, -0.1) is 11.3 Å². The Labute approximate surface area is 124 Å². The van der Waals surface area contributed by atoms with Crippen molar-refractivity contribution in [2.24, 2.45) is 0 Å². The SMILES string of the molecule is O=c1ccnc2c(-c3ccc(-c4cccs4)cc3)c[nH]n12. The Morgan fingerprint density at radius 3 is 2.62 bits per heavy atom. The average molecular weight is 293 g/mol. The lowest BCUT2D eigenvalue weighted by atomic mass is 10.1. The van der Waals surface area contributed by atoms with Crippen molar-refractivity contribution in [3.8, 4) is 21.6 Å². The van der Waals surface area contributed by atoms with Crippen LogP contribution in [-0.4, -0.2) is 14.6 Å². The molecule has 4 aromatic rings. The van der Waals surface area contributed by atoms with Crippen molar-refractivity contribution in [1.82, 2.24) is 14.6 Å². The van der Waals surface area contributed by atoms with Gasteiger partial charge in [0.05, 0.1) is 0 Å². The van der Waals surface area contributed by atoms with Crippen LogP contribution in [0.1, 0.15) is 0 Å². The van der Waals surface area contributed by atoms with E-state index in [2.05, 4.69) is 45.8 Å². The summed E-state index contributed by atoms with van der Waals surface area (Å²) in [4.78, 5) is 17.3. The smallest absolute Gasteiger partial charge is 0.272 e. The number of thiophene rings is 1. The van der Waals surface area contributed by atoms with Crippen LogP contribution in [0.25, 0.3) is 27.2 Å². The first-order valence-electron chi connectivity index (χ1n) is 6.52. The van der Waals surface area contributed by atoms with Crippen LogP contribution in [0.3, 0.4) is 0 Å². The lowest BCUT2D eigenvalue weighted by Crippen LogP contribution is -2.12. The topological polar surface area (TPSA) is 50.2 Å². The Morgan fingerprint density at radius 2 is 1.86 bits per heavy atom. The van der Waals surface area contributed by atoms with Gasteiger partial charge in [0.1, 0.15) is 0 Å². The third-order valence-corrected chi connectivity index (χ3v) is 4.35. The number of aromatic nitrogens is 3. The van der Waals surface area contributed by atoms with Gasteiger partial charge in [0, 0.05) is 28.9 Å². The molecule has 0 aliphatic rings. The summed E-state index contributed by atoms with van der Waals surface area (Å²) in [6, 6.07) is 13.9. The Morgan fingerprint density at radius 1 is 1.05 bits per heavy atom. The maximum Gasteiger partial charge on any atom is 0.272 e. The molecule has 0 aliphatic heterocycles. The standard InChI is InChI=1S/C16H11N3OS/c20-15-7-8-17-16-13(10-18-19(15)16)11-3-5-12(6-4-11)14-2-1-9-21-14/h1-10,18H. The minimum absolute atomic E-state index is 0.110. The molecule has 102 valence electrons. The molecule has 1 N–H and O–H groups in total. The van der Waals surface area contributed by atoms with Crippen molar-refractivity contribution >= 4 is 17.0 Å². The second-order valence-corrected chi connectivity index (χ2v) is 5.63. The van der Waals surface area contributed by atoms with Crippen LogP contribution in [0.15, 0.2) is 65.0 Å². The zero-order chi connectivity index (χ0) is 14.2. The lowest BCUT2D eigenvalue weighted by molar-refractivity contribution is 0.899. The number of nitrogens with one attached hydrogen (secondary N) is 1. The van der Waals surface area contributed by atoms with Crippen molar-refractivity contribution in [2.45, 2.75) is 0 Å². The third-order valence-electron chi connectivity index (χ3n) is 3.43. The fraction of sp³-hybridized carbons (Fsp3) is 0. The second kappa shape index (κ2) is 4.71. The molecule has 3 aromatic heterocycles. The van der Waals surface area contributed by atoms with E-state index in [4.69, 9.17) is 0 Å². The summed E-state index contributed by atoms with van der Waals surface area (Å²) in [5, 5.41) is 5.01. The molecule has 5 heteroatoms. The molecule has 3 heterocycles. The molecule has 0 amide bonds. The Balaban J connectivity index is 1.82. The zero-order valence-electron chi connectivity index (χ0n) is 11.0. The quantitative estimate of drug-likeness (QED) is 0.615. The van der Waals surface area contributed by atoms with Gasteiger partial charge in [0.15, 0.2) is 5.65 Å². The highest BCUT2D eigenvalue weighted by Gasteiger charge is 2.08. The predicted molar refractivity (Wildman–Crippen MR) is 84.6 cm³/mol. The van der Waals surface area contributed by atoms with Crippen LogP contribution in [0.4, 0.5) is 0 Å². The first-order chi connectivity index (χ1) is 10.3. The number of benzene rings is 1. The van der Waals surface area contributed by atoms with E-state index >= 15 is 0 Å². The summed E-state index contributed by atoms with van der Waals surface area (Å²) in [6.07, 6.45) is 3.35. The molecular weight excluding hydrogens is 282 g/mol. The van der Waals surface area contributed by atoms with Crippen LogP contribution < -0.4 is 5.56 Å². The number of hydrogen-bond donors (Lipinski definition) is 1. The Kier molecular flexibility index (Phi) is 2.72. The number of fused-ring (bicyclic) bond motifs is 1. The fourth-order valence-electron chi connectivity index (χ4n) is 2.39. The largest absolute Gasteiger partial charge is 0.296 e. The number of aromatic amines is 1. The molecule has 0 unspecified atom stereocenters. The molecule has 0 bridgehead atoms. The number of rotatable bonds is 2. The molecule has 0 saturated heterocycles. The zero-order valence-corrected chi connectivity index (χ0v) is 11.8. The van der Waals surface area contributed by atoms with Crippen molar-refractivity contribution in [2.75, 3.05) is 0 Å². The highest BCUT2D eigenvalue weighted by molar-refractivity contribution is 7.13. The summed E-state index contributed by atoms with van der Waals surface area (Å²) >= 11 is 1.72. The summed E-state index contributed by atoms with van der Waals surface area (Å²) in [5.41, 5.74) is 3.68. The summed E-state index contributed by atoms with van der Waals surface area (Å²) < 4.78 is 1.45. The van der Waals surface area contributed by atoms with E-state index in [0.717, 1.165) is 11.1 Å². The molecule has 21 heavy (non-hydrogen) atoms. The maximum atomic E-state index is 11.7. The number of hydrogen-bond acceptors (Lipinski definition) is 3. The van der Waals surface area contributed by atoms with E-state index in [1.807, 2.05) is 12.3 Å². The molecule has 0 radical (unpaired) electrons. The summed E-state index contributed by atoms with van der Waals surface area (Å²) in [7, 11) is 0. The Bertz CT molecular complexity index is 949. The fourth-order valence-corrected chi connectivity index (χ4v) is 3.12. The van der Waals surface area contributed by atoms with Crippen molar-refractivity contribution in [1.29, 1.82) is 0 Å². The van der Waals surface area contributed by atoms with Crippen LogP contribution in [0.2, 0.25) is 0 Å². The van der Waals surface area contributed by atoms with Crippen LogP contribution in [0, 0.1) is 0 Å². The summed E-state index contributed by atoms with van der Waals surface area (Å²) in [6.45, 7) is 0. The Hall–Kier alpha value is -2.66. The van der Waals surface area contributed by atoms with E-state index < -0.39 is 0 Å². The normalized spacial score (nSPS) is 11.0.